The third-order valence-electron chi connectivity index (χ3n) is 2.19. The number of thiophene rings is 1. The summed E-state index contributed by atoms with van der Waals surface area (Å²) < 4.78 is 5.36. The first-order chi connectivity index (χ1) is 6.21. The topological polar surface area (TPSA) is 29.5 Å². The summed E-state index contributed by atoms with van der Waals surface area (Å²) in [5, 5.41) is 12.1. The summed E-state index contributed by atoms with van der Waals surface area (Å²) in [5.74, 6) is 0.690. The van der Waals surface area contributed by atoms with Crippen molar-refractivity contribution >= 4 is 11.3 Å². The molecule has 1 aliphatic heterocycles. The first kappa shape index (κ1) is 8.78. The SMILES string of the molecule is CC(O)(C1=CCCO1)c1cccs1. The standard InChI is InChI=1S/C10H12O2S/c1-10(11,8-4-2-6-12-8)9-5-3-7-13-9/h3-5,7,11H,2,6H2,1H3. The third kappa shape index (κ3) is 1.49. The minimum atomic E-state index is -0.940. The lowest BCUT2D eigenvalue weighted by molar-refractivity contribution is 0.0347. The first-order valence-electron chi connectivity index (χ1n) is 4.31. The van der Waals surface area contributed by atoms with Crippen LogP contribution in [-0.2, 0) is 10.3 Å². The van der Waals surface area contributed by atoms with Gasteiger partial charge in [0.15, 0.2) is 5.60 Å². The van der Waals surface area contributed by atoms with Gasteiger partial charge in [0.1, 0.15) is 5.76 Å². The zero-order valence-electron chi connectivity index (χ0n) is 7.49. The van der Waals surface area contributed by atoms with Crippen LogP contribution in [0.2, 0.25) is 0 Å². The molecule has 0 aromatic carbocycles. The van der Waals surface area contributed by atoms with E-state index in [1.807, 2.05) is 23.6 Å². The van der Waals surface area contributed by atoms with Crippen molar-refractivity contribution in [3.05, 3.63) is 34.2 Å². The van der Waals surface area contributed by atoms with E-state index in [1.54, 1.807) is 18.3 Å². The van der Waals surface area contributed by atoms with Gasteiger partial charge in [-0.25, -0.2) is 0 Å². The lowest BCUT2D eigenvalue weighted by Gasteiger charge is -2.22. The third-order valence-corrected chi connectivity index (χ3v) is 3.27. The second kappa shape index (κ2) is 3.16. The van der Waals surface area contributed by atoms with E-state index >= 15 is 0 Å². The molecule has 1 unspecified atom stereocenters. The molecular formula is C10H12O2S. The molecule has 0 aliphatic carbocycles. The lowest BCUT2D eigenvalue weighted by Crippen LogP contribution is -2.22. The van der Waals surface area contributed by atoms with E-state index in [2.05, 4.69) is 0 Å². The predicted molar refractivity (Wildman–Crippen MR) is 52.5 cm³/mol. The molecule has 1 aromatic rings. The minimum Gasteiger partial charge on any atom is -0.494 e. The maximum Gasteiger partial charge on any atom is 0.152 e. The quantitative estimate of drug-likeness (QED) is 0.786. The second-order valence-corrected chi connectivity index (χ2v) is 4.20. The van der Waals surface area contributed by atoms with E-state index in [1.165, 1.54) is 0 Å². The molecule has 2 nitrogen and oxygen atoms in total. The second-order valence-electron chi connectivity index (χ2n) is 3.26. The fourth-order valence-electron chi connectivity index (χ4n) is 1.43. The van der Waals surface area contributed by atoms with Gasteiger partial charge >= 0.3 is 0 Å². The Hall–Kier alpha value is -0.800. The van der Waals surface area contributed by atoms with Crippen molar-refractivity contribution in [2.45, 2.75) is 18.9 Å². The van der Waals surface area contributed by atoms with Crippen molar-refractivity contribution in [1.82, 2.24) is 0 Å². The Morgan fingerprint density at radius 1 is 1.62 bits per heavy atom. The van der Waals surface area contributed by atoms with E-state index in [0.717, 1.165) is 11.3 Å². The summed E-state index contributed by atoms with van der Waals surface area (Å²) in [7, 11) is 0. The lowest BCUT2D eigenvalue weighted by atomic mass is 10.0. The van der Waals surface area contributed by atoms with Gasteiger partial charge in [-0.3, -0.25) is 0 Å². The molecule has 1 atom stereocenters. The summed E-state index contributed by atoms with van der Waals surface area (Å²) in [5.41, 5.74) is -0.940. The van der Waals surface area contributed by atoms with Crippen LogP contribution >= 0.6 is 11.3 Å². The average Bonchev–Trinajstić information content (AvgIpc) is 2.78. The Bertz CT molecular complexity index is 312. The molecule has 1 aliphatic rings. The zero-order valence-corrected chi connectivity index (χ0v) is 8.30. The predicted octanol–water partition coefficient (Wildman–Crippen LogP) is 2.26. The zero-order chi connectivity index (χ0) is 9.31. The summed E-state index contributed by atoms with van der Waals surface area (Å²) in [6.45, 7) is 2.47. The van der Waals surface area contributed by atoms with Gasteiger partial charge < -0.3 is 9.84 Å². The van der Waals surface area contributed by atoms with Crippen LogP contribution in [-0.4, -0.2) is 11.7 Å². The van der Waals surface area contributed by atoms with Crippen molar-refractivity contribution in [2.75, 3.05) is 6.61 Å². The van der Waals surface area contributed by atoms with Crippen LogP contribution in [0.5, 0.6) is 0 Å². The van der Waals surface area contributed by atoms with Gasteiger partial charge in [-0.2, -0.15) is 0 Å². The smallest absolute Gasteiger partial charge is 0.152 e. The fourth-order valence-corrected chi connectivity index (χ4v) is 2.23. The molecule has 0 spiro atoms. The van der Waals surface area contributed by atoms with Gasteiger partial charge in [-0.15, -0.1) is 11.3 Å². The van der Waals surface area contributed by atoms with Crippen LogP contribution in [0.1, 0.15) is 18.2 Å². The van der Waals surface area contributed by atoms with E-state index in [-0.39, 0.29) is 0 Å². The van der Waals surface area contributed by atoms with Crippen molar-refractivity contribution in [3.8, 4) is 0 Å². The van der Waals surface area contributed by atoms with Gasteiger partial charge in [-0.05, 0) is 24.4 Å². The molecule has 0 fully saturated rings. The molecule has 0 bridgehead atoms. The molecule has 0 radical (unpaired) electrons. The normalized spacial score (nSPS) is 20.6. The molecule has 70 valence electrons. The van der Waals surface area contributed by atoms with Crippen molar-refractivity contribution < 1.29 is 9.84 Å². The highest BCUT2D eigenvalue weighted by Gasteiger charge is 2.32. The van der Waals surface area contributed by atoms with Crippen molar-refractivity contribution in [1.29, 1.82) is 0 Å². The molecule has 2 heterocycles. The van der Waals surface area contributed by atoms with E-state index in [4.69, 9.17) is 4.74 Å². The van der Waals surface area contributed by atoms with Gasteiger partial charge in [0.25, 0.3) is 0 Å². The maximum atomic E-state index is 10.2. The highest BCUT2D eigenvalue weighted by Crippen LogP contribution is 2.34. The monoisotopic (exact) mass is 196 g/mol. The maximum absolute atomic E-state index is 10.2. The van der Waals surface area contributed by atoms with E-state index in [9.17, 15) is 5.11 Å². The Morgan fingerprint density at radius 2 is 2.46 bits per heavy atom. The van der Waals surface area contributed by atoms with Crippen molar-refractivity contribution in [3.63, 3.8) is 0 Å². The fraction of sp³-hybridized carbons (Fsp3) is 0.400. The van der Waals surface area contributed by atoms with Crippen LogP contribution in [0.3, 0.4) is 0 Å². The molecule has 1 aromatic heterocycles. The Labute approximate surface area is 81.5 Å². The molecule has 0 saturated carbocycles. The van der Waals surface area contributed by atoms with Crippen LogP contribution in [0.15, 0.2) is 29.3 Å². The van der Waals surface area contributed by atoms with Crippen molar-refractivity contribution in [2.24, 2.45) is 0 Å². The Balaban J connectivity index is 2.30. The summed E-state index contributed by atoms with van der Waals surface area (Å²) in [6.07, 6.45) is 2.86. The van der Waals surface area contributed by atoms with E-state index in [0.29, 0.717) is 12.4 Å². The van der Waals surface area contributed by atoms with Gasteiger partial charge in [0, 0.05) is 11.3 Å². The highest BCUT2D eigenvalue weighted by atomic mass is 32.1. The van der Waals surface area contributed by atoms with Gasteiger partial charge in [-0.1, -0.05) is 6.07 Å². The molecule has 0 saturated heterocycles. The van der Waals surface area contributed by atoms with Crippen LogP contribution < -0.4 is 0 Å². The Morgan fingerprint density at radius 3 is 3.00 bits per heavy atom. The molecule has 0 amide bonds. The number of hydrogen-bond acceptors (Lipinski definition) is 3. The van der Waals surface area contributed by atoms with Gasteiger partial charge in [0.2, 0.25) is 0 Å². The number of ether oxygens (including phenoxy) is 1. The Kier molecular flexibility index (Phi) is 2.14. The highest BCUT2D eigenvalue weighted by molar-refractivity contribution is 7.10. The number of hydrogen-bond donors (Lipinski definition) is 1. The van der Waals surface area contributed by atoms with Crippen LogP contribution in [0.4, 0.5) is 0 Å². The molecule has 2 rings (SSSR count). The molecular weight excluding hydrogens is 184 g/mol. The molecule has 1 N–H and O–H groups in total. The number of aliphatic hydroxyl groups is 1. The minimum absolute atomic E-state index is 0.690. The molecule has 3 heteroatoms. The summed E-state index contributed by atoms with van der Waals surface area (Å²) in [6, 6.07) is 3.86. The summed E-state index contributed by atoms with van der Waals surface area (Å²) in [4.78, 5) is 0.931. The molecule has 13 heavy (non-hydrogen) atoms. The average molecular weight is 196 g/mol. The van der Waals surface area contributed by atoms with Crippen LogP contribution in [0, 0.1) is 0 Å². The summed E-state index contributed by atoms with van der Waals surface area (Å²) >= 11 is 1.55. The number of rotatable bonds is 2. The largest absolute Gasteiger partial charge is 0.494 e. The van der Waals surface area contributed by atoms with Crippen LogP contribution in [0.25, 0.3) is 0 Å². The van der Waals surface area contributed by atoms with Gasteiger partial charge in [0.05, 0.1) is 6.61 Å². The first-order valence-corrected chi connectivity index (χ1v) is 5.19. The van der Waals surface area contributed by atoms with E-state index < -0.39 is 5.60 Å².